The number of furan rings is 1. The van der Waals surface area contributed by atoms with Gasteiger partial charge in [0.05, 0.1) is 18.3 Å². The molecule has 4 rings (SSSR count). The van der Waals surface area contributed by atoms with Gasteiger partial charge in [0.15, 0.2) is 0 Å². The molecule has 0 saturated heterocycles. The van der Waals surface area contributed by atoms with Crippen LogP contribution in [0.2, 0.25) is 0 Å². The number of nitrogens with zero attached hydrogens (tertiary/aromatic N) is 2. The second-order valence-electron chi connectivity index (χ2n) is 6.15. The summed E-state index contributed by atoms with van der Waals surface area (Å²) in [5.74, 6) is 0.620. The third-order valence-electron chi connectivity index (χ3n) is 4.42. The van der Waals surface area contributed by atoms with E-state index >= 15 is 0 Å². The summed E-state index contributed by atoms with van der Waals surface area (Å²) in [6, 6.07) is 21.2. The number of carbonyl (C=O) groups excluding carboxylic acids is 1. The molecule has 0 aliphatic carbocycles. The smallest absolute Gasteiger partial charge is 0.244 e. The molecule has 0 aliphatic rings. The van der Waals surface area contributed by atoms with Crippen LogP contribution in [0, 0.1) is 0 Å². The zero-order valence-electron chi connectivity index (χ0n) is 14.4. The van der Waals surface area contributed by atoms with E-state index in [0.29, 0.717) is 6.54 Å². The molecule has 1 amide bonds. The van der Waals surface area contributed by atoms with Crippen LogP contribution in [0.15, 0.2) is 77.4 Å². The first-order valence-corrected chi connectivity index (χ1v) is 8.57. The molecule has 0 unspecified atom stereocenters. The molecule has 1 N–H and O–H groups in total. The molecular formula is C21H19N3O2. The summed E-state index contributed by atoms with van der Waals surface area (Å²) in [7, 11) is 0. The standard InChI is InChI=1S/C21H19N3O2/c1-15(21(25)22-14-17-10-7-13-26-17)24-19-12-6-5-11-18(19)20(23-24)16-8-3-2-4-9-16/h2-13,15H,14H2,1H3,(H,22,25)/t15-/m0/s1. The van der Waals surface area contributed by atoms with Crippen molar-refractivity contribution in [3.05, 3.63) is 78.8 Å². The van der Waals surface area contributed by atoms with Gasteiger partial charge in [0.25, 0.3) is 0 Å². The van der Waals surface area contributed by atoms with Crippen LogP contribution >= 0.6 is 0 Å². The molecule has 2 aromatic carbocycles. The van der Waals surface area contributed by atoms with Gasteiger partial charge in [-0.3, -0.25) is 9.48 Å². The highest BCUT2D eigenvalue weighted by atomic mass is 16.3. The molecule has 5 nitrogen and oxygen atoms in total. The van der Waals surface area contributed by atoms with E-state index in [9.17, 15) is 4.79 Å². The van der Waals surface area contributed by atoms with E-state index in [1.165, 1.54) is 0 Å². The number of hydrogen-bond acceptors (Lipinski definition) is 3. The molecule has 5 heteroatoms. The fraction of sp³-hybridized carbons (Fsp3) is 0.143. The molecule has 130 valence electrons. The minimum atomic E-state index is -0.438. The van der Waals surface area contributed by atoms with Crippen LogP contribution in [0.1, 0.15) is 18.7 Å². The SMILES string of the molecule is C[C@@H](C(=O)NCc1ccco1)n1nc(-c2ccccc2)c2ccccc21. The Morgan fingerprint density at radius 2 is 1.85 bits per heavy atom. The Morgan fingerprint density at radius 3 is 2.62 bits per heavy atom. The molecule has 0 radical (unpaired) electrons. The van der Waals surface area contributed by atoms with E-state index in [-0.39, 0.29) is 5.91 Å². The molecule has 1 atom stereocenters. The summed E-state index contributed by atoms with van der Waals surface area (Å²) in [5.41, 5.74) is 2.85. The Bertz CT molecular complexity index is 1020. The maximum Gasteiger partial charge on any atom is 0.244 e. The van der Waals surface area contributed by atoms with Gasteiger partial charge in [-0.2, -0.15) is 5.10 Å². The Morgan fingerprint density at radius 1 is 1.08 bits per heavy atom. The van der Waals surface area contributed by atoms with Gasteiger partial charge in [-0.15, -0.1) is 0 Å². The Kier molecular flexibility index (Phi) is 4.27. The van der Waals surface area contributed by atoms with E-state index < -0.39 is 6.04 Å². The number of para-hydroxylation sites is 1. The lowest BCUT2D eigenvalue weighted by molar-refractivity contribution is -0.124. The van der Waals surface area contributed by atoms with Gasteiger partial charge >= 0.3 is 0 Å². The number of carbonyl (C=O) groups is 1. The van der Waals surface area contributed by atoms with E-state index in [0.717, 1.165) is 27.9 Å². The second-order valence-corrected chi connectivity index (χ2v) is 6.15. The Labute approximate surface area is 151 Å². The molecule has 26 heavy (non-hydrogen) atoms. The van der Waals surface area contributed by atoms with Crippen molar-refractivity contribution in [1.82, 2.24) is 15.1 Å². The lowest BCUT2D eigenvalue weighted by Gasteiger charge is -2.13. The molecule has 0 spiro atoms. The molecule has 0 bridgehead atoms. The predicted molar refractivity (Wildman–Crippen MR) is 100 cm³/mol. The average Bonchev–Trinajstić information content (AvgIpc) is 3.34. The summed E-state index contributed by atoms with van der Waals surface area (Å²) in [6.07, 6.45) is 1.60. The van der Waals surface area contributed by atoms with Crippen molar-refractivity contribution < 1.29 is 9.21 Å². The van der Waals surface area contributed by atoms with Gasteiger partial charge < -0.3 is 9.73 Å². The monoisotopic (exact) mass is 345 g/mol. The lowest BCUT2D eigenvalue weighted by atomic mass is 10.1. The molecule has 0 fully saturated rings. The van der Waals surface area contributed by atoms with Crippen molar-refractivity contribution in [2.45, 2.75) is 19.5 Å². The van der Waals surface area contributed by atoms with Crippen LogP contribution in [-0.4, -0.2) is 15.7 Å². The van der Waals surface area contributed by atoms with Gasteiger partial charge in [0.2, 0.25) is 5.91 Å². The third kappa shape index (κ3) is 2.99. The number of hydrogen-bond donors (Lipinski definition) is 1. The van der Waals surface area contributed by atoms with Crippen molar-refractivity contribution in [2.24, 2.45) is 0 Å². The molecule has 0 saturated carbocycles. The number of fused-ring (bicyclic) bond motifs is 1. The molecular weight excluding hydrogens is 326 g/mol. The normalized spacial score (nSPS) is 12.2. The summed E-state index contributed by atoms with van der Waals surface area (Å²) in [4.78, 5) is 12.6. The highest BCUT2D eigenvalue weighted by molar-refractivity contribution is 5.94. The largest absolute Gasteiger partial charge is 0.467 e. The number of nitrogens with one attached hydrogen (secondary N) is 1. The first-order chi connectivity index (χ1) is 12.7. The van der Waals surface area contributed by atoms with Gasteiger partial charge in [0.1, 0.15) is 17.5 Å². The highest BCUT2D eigenvalue weighted by Gasteiger charge is 2.21. The maximum atomic E-state index is 12.6. The van der Waals surface area contributed by atoms with Crippen molar-refractivity contribution >= 4 is 16.8 Å². The van der Waals surface area contributed by atoms with Gasteiger partial charge in [-0.05, 0) is 25.1 Å². The fourth-order valence-electron chi connectivity index (χ4n) is 3.04. The van der Waals surface area contributed by atoms with E-state index in [1.54, 1.807) is 17.0 Å². The van der Waals surface area contributed by atoms with Gasteiger partial charge in [-0.25, -0.2) is 0 Å². The fourth-order valence-corrected chi connectivity index (χ4v) is 3.04. The van der Waals surface area contributed by atoms with Crippen LogP contribution in [0.25, 0.3) is 22.2 Å². The lowest BCUT2D eigenvalue weighted by Crippen LogP contribution is -2.31. The van der Waals surface area contributed by atoms with Gasteiger partial charge in [-0.1, -0.05) is 48.5 Å². The van der Waals surface area contributed by atoms with E-state index in [2.05, 4.69) is 5.32 Å². The van der Waals surface area contributed by atoms with Crippen LogP contribution in [0.5, 0.6) is 0 Å². The average molecular weight is 345 g/mol. The van der Waals surface area contributed by atoms with Gasteiger partial charge in [0, 0.05) is 10.9 Å². The topological polar surface area (TPSA) is 60.1 Å². The van der Waals surface area contributed by atoms with Crippen LogP contribution in [0.3, 0.4) is 0 Å². The Hall–Kier alpha value is -3.34. The van der Waals surface area contributed by atoms with Crippen molar-refractivity contribution in [3.63, 3.8) is 0 Å². The molecule has 0 aliphatic heterocycles. The summed E-state index contributed by atoms with van der Waals surface area (Å²) in [5, 5.41) is 8.69. The summed E-state index contributed by atoms with van der Waals surface area (Å²) in [6.45, 7) is 2.21. The first-order valence-electron chi connectivity index (χ1n) is 8.57. The number of aromatic nitrogens is 2. The van der Waals surface area contributed by atoms with Crippen LogP contribution < -0.4 is 5.32 Å². The minimum absolute atomic E-state index is 0.103. The number of amides is 1. The summed E-state index contributed by atoms with van der Waals surface area (Å²) < 4.78 is 7.05. The second kappa shape index (κ2) is 6.88. The molecule has 4 aromatic rings. The first kappa shape index (κ1) is 16.1. The zero-order valence-corrected chi connectivity index (χ0v) is 14.4. The number of rotatable bonds is 5. The quantitative estimate of drug-likeness (QED) is 0.590. The van der Waals surface area contributed by atoms with Crippen LogP contribution in [-0.2, 0) is 11.3 Å². The Balaban J connectivity index is 1.66. The third-order valence-corrected chi connectivity index (χ3v) is 4.42. The van der Waals surface area contributed by atoms with E-state index in [1.807, 2.05) is 67.6 Å². The summed E-state index contributed by atoms with van der Waals surface area (Å²) >= 11 is 0. The van der Waals surface area contributed by atoms with Crippen molar-refractivity contribution in [2.75, 3.05) is 0 Å². The number of benzene rings is 2. The van der Waals surface area contributed by atoms with E-state index in [4.69, 9.17) is 9.52 Å². The molecule has 2 heterocycles. The van der Waals surface area contributed by atoms with Crippen molar-refractivity contribution in [1.29, 1.82) is 0 Å². The van der Waals surface area contributed by atoms with Crippen LogP contribution in [0.4, 0.5) is 0 Å². The minimum Gasteiger partial charge on any atom is -0.467 e. The van der Waals surface area contributed by atoms with Crippen molar-refractivity contribution in [3.8, 4) is 11.3 Å². The highest BCUT2D eigenvalue weighted by Crippen LogP contribution is 2.29. The zero-order chi connectivity index (χ0) is 17.9. The predicted octanol–water partition coefficient (Wildman–Crippen LogP) is 4.17. The maximum absolute atomic E-state index is 12.6. The molecule has 2 aromatic heterocycles.